The van der Waals surface area contributed by atoms with E-state index in [0.717, 1.165) is 16.8 Å². The number of hydrogen-bond donors (Lipinski definition) is 2. The average molecular weight is 366 g/mol. The first kappa shape index (κ1) is 18.4. The van der Waals surface area contributed by atoms with Gasteiger partial charge in [0.25, 0.3) is 0 Å². The van der Waals surface area contributed by atoms with Gasteiger partial charge in [-0.25, -0.2) is 19.4 Å². The Morgan fingerprint density at radius 1 is 1.26 bits per heavy atom. The minimum atomic E-state index is -0.255. The largest absolute Gasteiger partial charge is 0.478 e. The Kier molecular flexibility index (Phi) is 5.98. The van der Waals surface area contributed by atoms with Crippen LogP contribution in [0, 0.1) is 0 Å². The maximum Gasteiger partial charge on any atom is 0.315 e. The van der Waals surface area contributed by atoms with Gasteiger partial charge in [-0.2, -0.15) is 5.10 Å². The highest BCUT2D eigenvalue weighted by atomic mass is 16.5. The third-order valence-corrected chi connectivity index (χ3v) is 3.99. The summed E-state index contributed by atoms with van der Waals surface area (Å²) in [6.07, 6.45) is 4.79. The van der Waals surface area contributed by atoms with Gasteiger partial charge in [-0.1, -0.05) is 18.2 Å². The number of rotatable bonds is 7. The average Bonchev–Trinajstić information content (AvgIpc) is 3.22. The molecular formula is C19H22N6O2. The lowest BCUT2D eigenvalue weighted by molar-refractivity contribution is 0.237. The van der Waals surface area contributed by atoms with E-state index in [2.05, 4.69) is 25.7 Å². The molecule has 1 aromatic carbocycles. The highest BCUT2D eigenvalue weighted by Gasteiger charge is 2.11. The van der Waals surface area contributed by atoms with E-state index in [-0.39, 0.29) is 12.1 Å². The van der Waals surface area contributed by atoms with Gasteiger partial charge in [0, 0.05) is 18.3 Å². The van der Waals surface area contributed by atoms with Crippen LogP contribution in [0.1, 0.15) is 31.0 Å². The molecular weight excluding hydrogens is 344 g/mol. The summed E-state index contributed by atoms with van der Waals surface area (Å²) in [6.45, 7) is 4.69. The topological polar surface area (TPSA) is 94.0 Å². The Labute approximate surface area is 157 Å². The van der Waals surface area contributed by atoms with Crippen molar-refractivity contribution in [3.63, 3.8) is 0 Å². The molecule has 8 heteroatoms. The fraction of sp³-hybridized carbons (Fsp3) is 0.263. The van der Waals surface area contributed by atoms with Crippen molar-refractivity contribution in [2.45, 2.75) is 26.4 Å². The predicted octanol–water partition coefficient (Wildman–Crippen LogP) is 2.62. The zero-order valence-corrected chi connectivity index (χ0v) is 15.3. The standard InChI is InChI=1S/C19H22N6O2/c1-3-27-18-16(5-4-10-21-18)11-22-19(26)24-14(2)15-6-8-17(9-7-15)25-13-20-12-23-25/h4-10,12-14H,3,11H2,1-2H3,(H2,22,24,26). The first-order valence-corrected chi connectivity index (χ1v) is 8.73. The molecule has 1 unspecified atom stereocenters. The Morgan fingerprint density at radius 2 is 2.07 bits per heavy atom. The summed E-state index contributed by atoms with van der Waals surface area (Å²) in [4.78, 5) is 20.3. The molecule has 2 amide bonds. The smallest absolute Gasteiger partial charge is 0.315 e. The number of carbonyl (C=O) groups is 1. The lowest BCUT2D eigenvalue weighted by atomic mass is 10.1. The number of amides is 2. The van der Waals surface area contributed by atoms with Gasteiger partial charge >= 0.3 is 6.03 Å². The fourth-order valence-corrected chi connectivity index (χ4v) is 2.59. The van der Waals surface area contributed by atoms with Gasteiger partial charge < -0.3 is 15.4 Å². The molecule has 2 heterocycles. The summed E-state index contributed by atoms with van der Waals surface area (Å²) in [5.41, 5.74) is 2.73. The molecule has 2 aromatic heterocycles. The molecule has 27 heavy (non-hydrogen) atoms. The lowest BCUT2D eigenvalue weighted by Crippen LogP contribution is -2.36. The van der Waals surface area contributed by atoms with Gasteiger partial charge in [-0.15, -0.1) is 0 Å². The van der Waals surface area contributed by atoms with E-state index in [1.165, 1.54) is 6.33 Å². The van der Waals surface area contributed by atoms with Gasteiger partial charge in [0.15, 0.2) is 0 Å². The Bertz CT molecular complexity index is 864. The van der Waals surface area contributed by atoms with Crippen molar-refractivity contribution in [2.75, 3.05) is 6.61 Å². The van der Waals surface area contributed by atoms with E-state index in [9.17, 15) is 4.79 Å². The zero-order valence-electron chi connectivity index (χ0n) is 15.3. The summed E-state index contributed by atoms with van der Waals surface area (Å²) < 4.78 is 7.15. The number of pyridine rings is 1. The van der Waals surface area contributed by atoms with E-state index >= 15 is 0 Å². The third kappa shape index (κ3) is 4.81. The van der Waals surface area contributed by atoms with Crippen molar-refractivity contribution < 1.29 is 9.53 Å². The first-order chi connectivity index (χ1) is 13.2. The molecule has 3 rings (SSSR count). The number of nitrogens with one attached hydrogen (secondary N) is 2. The summed E-state index contributed by atoms with van der Waals surface area (Å²) in [7, 11) is 0. The second kappa shape index (κ2) is 8.79. The molecule has 0 spiro atoms. The fourth-order valence-electron chi connectivity index (χ4n) is 2.59. The van der Waals surface area contributed by atoms with Crippen molar-refractivity contribution in [3.8, 4) is 11.6 Å². The van der Waals surface area contributed by atoms with Crippen LogP contribution in [0.25, 0.3) is 5.69 Å². The summed E-state index contributed by atoms with van der Waals surface area (Å²) in [5, 5.41) is 9.86. The number of ether oxygens (including phenoxy) is 1. The molecule has 0 saturated heterocycles. The maximum absolute atomic E-state index is 12.2. The Hall–Kier alpha value is -3.42. The number of nitrogens with zero attached hydrogens (tertiary/aromatic N) is 4. The molecule has 140 valence electrons. The van der Waals surface area contributed by atoms with E-state index in [4.69, 9.17) is 4.74 Å². The highest BCUT2D eigenvalue weighted by molar-refractivity contribution is 5.74. The number of benzene rings is 1. The van der Waals surface area contributed by atoms with Gasteiger partial charge in [0.1, 0.15) is 12.7 Å². The van der Waals surface area contributed by atoms with Gasteiger partial charge in [0.05, 0.1) is 18.3 Å². The van der Waals surface area contributed by atoms with E-state index < -0.39 is 0 Å². The maximum atomic E-state index is 12.2. The molecule has 0 radical (unpaired) electrons. The van der Waals surface area contributed by atoms with Crippen LogP contribution in [0.3, 0.4) is 0 Å². The number of urea groups is 1. The molecule has 0 aliphatic heterocycles. The van der Waals surface area contributed by atoms with Gasteiger partial charge in [-0.05, 0) is 37.6 Å². The second-order valence-electron chi connectivity index (χ2n) is 5.88. The van der Waals surface area contributed by atoms with Crippen molar-refractivity contribution in [2.24, 2.45) is 0 Å². The van der Waals surface area contributed by atoms with Crippen LogP contribution in [-0.2, 0) is 6.54 Å². The van der Waals surface area contributed by atoms with Crippen LogP contribution in [0.4, 0.5) is 4.79 Å². The Morgan fingerprint density at radius 3 is 2.78 bits per heavy atom. The van der Waals surface area contributed by atoms with E-state index in [1.807, 2.05) is 50.2 Å². The number of hydrogen-bond acceptors (Lipinski definition) is 5. The van der Waals surface area contributed by atoms with E-state index in [1.54, 1.807) is 17.2 Å². The molecule has 1 atom stereocenters. The lowest BCUT2D eigenvalue weighted by Gasteiger charge is -2.16. The molecule has 0 fully saturated rings. The quantitative estimate of drug-likeness (QED) is 0.670. The molecule has 0 bridgehead atoms. The predicted molar refractivity (Wildman–Crippen MR) is 101 cm³/mol. The van der Waals surface area contributed by atoms with Crippen molar-refractivity contribution in [3.05, 3.63) is 66.4 Å². The monoisotopic (exact) mass is 366 g/mol. The van der Waals surface area contributed by atoms with Gasteiger partial charge in [-0.3, -0.25) is 0 Å². The molecule has 2 N–H and O–H groups in total. The number of carbonyl (C=O) groups excluding carboxylic acids is 1. The van der Waals surface area contributed by atoms with Crippen molar-refractivity contribution in [1.82, 2.24) is 30.4 Å². The highest BCUT2D eigenvalue weighted by Crippen LogP contribution is 2.16. The summed E-state index contributed by atoms with van der Waals surface area (Å²) >= 11 is 0. The Balaban J connectivity index is 1.55. The van der Waals surface area contributed by atoms with Crippen LogP contribution in [-0.4, -0.2) is 32.4 Å². The van der Waals surface area contributed by atoms with Crippen LogP contribution >= 0.6 is 0 Å². The third-order valence-electron chi connectivity index (χ3n) is 3.99. The van der Waals surface area contributed by atoms with Crippen LogP contribution in [0.15, 0.2) is 55.2 Å². The van der Waals surface area contributed by atoms with Crippen LogP contribution in [0.5, 0.6) is 5.88 Å². The minimum absolute atomic E-state index is 0.143. The summed E-state index contributed by atoms with van der Waals surface area (Å²) in [6, 6.07) is 11.1. The second-order valence-corrected chi connectivity index (χ2v) is 5.88. The van der Waals surface area contributed by atoms with E-state index in [0.29, 0.717) is 19.0 Å². The molecule has 0 aliphatic carbocycles. The molecule has 8 nitrogen and oxygen atoms in total. The van der Waals surface area contributed by atoms with Crippen LogP contribution < -0.4 is 15.4 Å². The molecule has 0 aliphatic rings. The van der Waals surface area contributed by atoms with Gasteiger partial charge in [0.2, 0.25) is 5.88 Å². The molecule has 0 saturated carbocycles. The zero-order chi connectivity index (χ0) is 19.1. The molecule has 3 aromatic rings. The summed E-state index contributed by atoms with van der Waals surface area (Å²) in [5.74, 6) is 0.539. The number of aromatic nitrogens is 4. The normalized spacial score (nSPS) is 11.6. The van der Waals surface area contributed by atoms with Crippen molar-refractivity contribution >= 4 is 6.03 Å². The SMILES string of the molecule is CCOc1ncccc1CNC(=O)NC(C)c1ccc(-n2cncn2)cc1. The van der Waals surface area contributed by atoms with Crippen molar-refractivity contribution in [1.29, 1.82) is 0 Å². The first-order valence-electron chi connectivity index (χ1n) is 8.73. The van der Waals surface area contributed by atoms with Crippen LogP contribution in [0.2, 0.25) is 0 Å². The minimum Gasteiger partial charge on any atom is -0.478 e.